The number of nitrogens with zero attached hydrogens (tertiary/aromatic N) is 1. The fourth-order valence-corrected chi connectivity index (χ4v) is 2.90. The molecule has 0 aliphatic carbocycles. The Kier molecular flexibility index (Phi) is 5.43. The van der Waals surface area contributed by atoms with Crippen LogP contribution in [-0.2, 0) is 0 Å². The summed E-state index contributed by atoms with van der Waals surface area (Å²) >= 11 is 5.51. The van der Waals surface area contributed by atoms with Crippen LogP contribution in [-0.4, -0.2) is 36.3 Å². The number of anilines is 1. The topological polar surface area (TPSA) is 33.7 Å². The molecular weight excluding hydrogens is 332 g/mol. The van der Waals surface area contributed by atoms with Crippen molar-refractivity contribution in [3.8, 4) is 11.5 Å². The molecule has 0 amide bonds. The molecule has 132 valence electrons. The number of thiocarbonyl (C=S) groups is 1. The molecule has 0 saturated carbocycles. The number of fused-ring (bicyclic) bond motifs is 1. The number of likely N-dealkylation sites (N-methyl/N-ethyl adjacent to an activating group) is 1. The van der Waals surface area contributed by atoms with Crippen LogP contribution in [0.2, 0.25) is 0 Å². The molecule has 2 aromatic rings. The maximum absolute atomic E-state index is 5.99. The number of para-hydroxylation sites is 2. The van der Waals surface area contributed by atoms with Crippen molar-refractivity contribution in [3.63, 3.8) is 0 Å². The molecule has 0 radical (unpaired) electrons. The average molecular weight is 356 g/mol. The molecule has 2 aromatic carbocycles. The van der Waals surface area contributed by atoms with Gasteiger partial charge in [0.05, 0.1) is 6.54 Å². The molecule has 0 bridgehead atoms. The minimum Gasteiger partial charge on any atom is -0.486 e. The van der Waals surface area contributed by atoms with E-state index in [0.717, 1.165) is 17.2 Å². The largest absolute Gasteiger partial charge is 0.486 e. The fraction of sp³-hybridized carbons (Fsp3) is 0.350. The third-order valence-electron chi connectivity index (χ3n) is 4.22. The predicted octanol–water partition coefficient (Wildman–Crippen LogP) is 4.28. The Bertz CT molecular complexity index is 731. The lowest BCUT2D eigenvalue weighted by atomic mass is 10.0. The van der Waals surface area contributed by atoms with Gasteiger partial charge in [-0.3, -0.25) is 0 Å². The quantitative estimate of drug-likeness (QED) is 0.827. The van der Waals surface area contributed by atoms with Gasteiger partial charge in [0.1, 0.15) is 6.61 Å². The third-order valence-corrected chi connectivity index (χ3v) is 4.63. The molecule has 1 N–H and O–H groups in total. The number of rotatable bonds is 4. The summed E-state index contributed by atoms with van der Waals surface area (Å²) in [4.78, 5) is 1.98. The first kappa shape index (κ1) is 17.5. The first-order valence-corrected chi connectivity index (χ1v) is 8.94. The highest BCUT2D eigenvalue weighted by molar-refractivity contribution is 7.80. The highest BCUT2D eigenvalue weighted by Gasteiger charge is 2.22. The second-order valence-corrected chi connectivity index (χ2v) is 6.97. The zero-order valence-corrected chi connectivity index (χ0v) is 15.7. The molecule has 25 heavy (non-hydrogen) atoms. The van der Waals surface area contributed by atoms with E-state index in [9.17, 15) is 0 Å². The maximum atomic E-state index is 5.99. The van der Waals surface area contributed by atoms with Crippen LogP contribution in [0.15, 0.2) is 48.5 Å². The number of ether oxygens (including phenoxy) is 2. The van der Waals surface area contributed by atoms with Crippen molar-refractivity contribution in [1.82, 2.24) is 4.90 Å². The van der Waals surface area contributed by atoms with Crippen molar-refractivity contribution in [2.24, 2.45) is 0 Å². The van der Waals surface area contributed by atoms with Crippen LogP contribution < -0.4 is 14.8 Å². The number of hydrogen-bond donors (Lipinski definition) is 1. The Hall–Kier alpha value is -2.27. The van der Waals surface area contributed by atoms with E-state index in [0.29, 0.717) is 24.2 Å². The van der Waals surface area contributed by atoms with E-state index in [2.05, 4.69) is 43.4 Å². The summed E-state index contributed by atoms with van der Waals surface area (Å²) in [6, 6.07) is 16.1. The lowest BCUT2D eigenvalue weighted by Gasteiger charge is -2.30. The monoisotopic (exact) mass is 356 g/mol. The van der Waals surface area contributed by atoms with Gasteiger partial charge in [-0.25, -0.2) is 0 Å². The van der Waals surface area contributed by atoms with E-state index in [1.54, 1.807) is 0 Å². The maximum Gasteiger partial charge on any atom is 0.173 e. The molecule has 0 fully saturated rings. The number of nitrogens with one attached hydrogen (secondary N) is 1. The Morgan fingerprint density at radius 1 is 1.16 bits per heavy atom. The predicted molar refractivity (Wildman–Crippen MR) is 106 cm³/mol. The Morgan fingerprint density at radius 3 is 2.52 bits per heavy atom. The third kappa shape index (κ3) is 4.42. The molecule has 1 aliphatic heterocycles. The summed E-state index contributed by atoms with van der Waals surface area (Å²) in [6.07, 6.45) is -0.0528. The summed E-state index contributed by atoms with van der Waals surface area (Å²) in [5.41, 5.74) is 2.31. The van der Waals surface area contributed by atoms with Crippen molar-refractivity contribution < 1.29 is 9.47 Å². The second kappa shape index (κ2) is 7.74. The summed E-state index contributed by atoms with van der Waals surface area (Å²) in [6.45, 7) is 5.55. The van der Waals surface area contributed by atoms with Crippen molar-refractivity contribution in [2.45, 2.75) is 25.9 Å². The van der Waals surface area contributed by atoms with E-state index in [-0.39, 0.29) is 6.10 Å². The molecule has 1 aliphatic rings. The summed E-state index contributed by atoms with van der Waals surface area (Å²) in [5, 5.41) is 3.94. The SMILES string of the molecule is CC(C)c1ccc(NC(=S)N(C)C[C@@H]2COc3ccccc3O2)cc1. The van der Waals surface area contributed by atoms with Gasteiger partial charge in [-0.2, -0.15) is 0 Å². The van der Waals surface area contributed by atoms with Crippen LogP contribution in [0.5, 0.6) is 11.5 Å². The van der Waals surface area contributed by atoms with Crippen molar-refractivity contribution in [3.05, 3.63) is 54.1 Å². The molecule has 1 heterocycles. The van der Waals surface area contributed by atoms with Crippen molar-refractivity contribution >= 4 is 23.0 Å². The van der Waals surface area contributed by atoms with Gasteiger partial charge in [0.15, 0.2) is 22.7 Å². The van der Waals surface area contributed by atoms with Gasteiger partial charge in [-0.05, 0) is 48.0 Å². The summed E-state index contributed by atoms with van der Waals surface area (Å²) in [5.74, 6) is 2.11. The molecule has 3 rings (SSSR count). The average Bonchev–Trinajstić information content (AvgIpc) is 2.62. The second-order valence-electron chi connectivity index (χ2n) is 6.58. The van der Waals surface area contributed by atoms with Gasteiger partial charge in [-0.1, -0.05) is 38.1 Å². The van der Waals surface area contributed by atoms with E-state index < -0.39 is 0 Å². The highest BCUT2D eigenvalue weighted by atomic mass is 32.1. The number of hydrogen-bond acceptors (Lipinski definition) is 3. The highest BCUT2D eigenvalue weighted by Crippen LogP contribution is 2.31. The van der Waals surface area contributed by atoms with E-state index >= 15 is 0 Å². The van der Waals surface area contributed by atoms with Crippen molar-refractivity contribution in [2.75, 3.05) is 25.5 Å². The van der Waals surface area contributed by atoms with Crippen LogP contribution in [0.25, 0.3) is 0 Å². The van der Waals surface area contributed by atoms with Gasteiger partial charge < -0.3 is 19.7 Å². The van der Waals surface area contributed by atoms with Gasteiger partial charge >= 0.3 is 0 Å². The minimum absolute atomic E-state index is 0.0528. The normalized spacial score (nSPS) is 15.8. The van der Waals surface area contributed by atoms with Crippen LogP contribution in [0, 0.1) is 0 Å². The minimum atomic E-state index is -0.0528. The van der Waals surface area contributed by atoms with Gasteiger partial charge in [0.25, 0.3) is 0 Å². The molecule has 1 atom stereocenters. The molecule has 0 unspecified atom stereocenters. The first-order chi connectivity index (χ1) is 12.0. The zero-order valence-electron chi connectivity index (χ0n) is 14.9. The summed E-state index contributed by atoms with van der Waals surface area (Å²) < 4.78 is 11.7. The van der Waals surface area contributed by atoms with E-state index in [4.69, 9.17) is 21.7 Å². The standard InChI is InChI=1S/C20H24N2O2S/c1-14(2)15-8-10-16(11-9-15)21-20(25)22(3)12-17-13-23-18-6-4-5-7-19(18)24-17/h4-11,14,17H,12-13H2,1-3H3,(H,21,25)/t17-/m1/s1. The fourth-order valence-electron chi connectivity index (χ4n) is 2.71. The van der Waals surface area contributed by atoms with E-state index in [1.807, 2.05) is 36.2 Å². The van der Waals surface area contributed by atoms with Crippen molar-refractivity contribution in [1.29, 1.82) is 0 Å². The Morgan fingerprint density at radius 2 is 1.84 bits per heavy atom. The molecule has 5 heteroatoms. The van der Waals surface area contributed by atoms with Gasteiger partial charge in [-0.15, -0.1) is 0 Å². The Labute approximate surface area is 154 Å². The lowest BCUT2D eigenvalue weighted by molar-refractivity contribution is 0.0784. The van der Waals surface area contributed by atoms with Gasteiger partial charge in [0.2, 0.25) is 0 Å². The van der Waals surface area contributed by atoms with Crippen LogP contribution in [0.4, 0.5) is 5.69 Å². The summed E-state index contributed by atoms with van der Waals surface area (Å²) in [7, 11) is 1.96. The van der Waals surface area contributed by atoms with Gasteiger partial charge in [0, 0.05) is 12.7 Å². The van der Waals surface area contributed by atoms with E-state index in [1.165, 1.54) is 5.56 Å². The molecule has 0 saturated heterocycles. The van der Waals surface area contributed by atoms with Crippen LogP contribution in [0.3, 0.4) is 0 Å². The molecule has 0 aromatic heterocycles. The molecule has 4 nitrogen and oxygen atoms in total. The smallest absolute Gasteiger partial charge is 0.173 e. The molecule has 0 spiro atoms. The first-order valence-electron chi connectivity index (χ1n) is 8.53. The van der Waals surface area contributed by atoms with Crippen LogP contribution in [0.1, 0.15) is 25.3 Å². The lowest BCUT2D eigenvalue weighted by Crippen LogP contribution is -2.43. The molecular formula is C20H24N2O2S. The Balaban J connectivity index is 1.54. The van der Waals surface area contributed by atoms with Crippen LogP contribution >= 0.6 is 12.2 Å². The number of benzene rings is 2. The zero-order chi connectivity index (χ0) is 17.8.